The van der Waals surface area contributed by atoms with Crippen LogP contribution in [0.1, 0.15) is 75.5 Å². The van der Waals surface area contributed by atoms with Gasteiger partial charge in [0.2, 0.25) is 0 Å². The number of nitrogens with one attached hydrogen (secondary N) is 2. The number of aryl methyl sites for hydroxylation is 2. The quantitative estimate of drug-likeness (QED) is 0.637. The van der Waals surface area contributed by atoms with Crippen molar-refractivity contribution in [3.05, 3.63) is 33.2 Å². The number of hydrogen-bond donors (Lipinski definition) is 2. The maximum absolute atomic E-state index is 12.7. The second-order valence-electron chi connectivity index (χ2n) is 8.31. The molecule has 1 heterocycles. The first-order chi connectivity index (χ1) is 12.1. The van der Waals surface area contributed by atoms with E-state index in [1.165, 1.54) is 0 Å². The molecule has 0 fully saturated rings. The predicted octanol–water partition coefficient (Wildman–Crippen LogP) is 2.74. The standard InChI is InChI=1S/C20H30N2O4/c1-12(2)16(19(25)26-20(3,4)5)22-18(24)14-11-13-9-7-6-8-10-15(13)21-17(14)23/h11-12,16H,6-10H2,1-5H3,(H,21,23)(H,22,24). The number of carbonyl (C=O) groups excluding carboxylic acids is 2. The summed E-state index contributed by atoms with van der Waals surface area (Å²) in [6.45, 7) is 9.00. The second-order valence-corrected chi connectivity index (χ2v) is 8.31. The summed E-state index contributed by atoms with van der Waals surface area (Å²) in [5.41, 5.74) is 0.952. The Labute approximate surface area is 154 Å². The van der Waals surface area contributed by atoms with Gasteiger partial charge in [0.25, 0.3) is 11.5 Å². The van der Waals surface area contributed by atoms with Crippen LogP contribution in [0.2, 0.25) is 0 Å². The number of rotatable bonds is 4. The molecule has 1 amide bonds. The summed E-state index contributed by atoms with van der Waals surface area (Å²) in [7, 11) is 0. The van der Waals surface area contributed by atoms with E-state index in [0.29, 0.717) is 0 Å². The van der Waals surface area contributed by atoms with E-state index >= 15 is 0 Å². The second kappa shape index (κ2) is 8.06. The molecule has 1 atom stereocenters. The van der Waals surface area contributed by atoms with E-state index in [2.05, 4.69) is 10.3 Å². The van der Waals surface area contributed by atoms with Crippen LogP contribution in [0, 0.1) is 5.92 Å². The Morgan fingerprint density at radius 3 is 2.42 bits per heavy atom. The first-order valence-electron chi connectivity index (χ1n) is 9.37. The fourth-order valence-electron chi connectivity index (χ4n) is 3.10. The van der Waals surface area contributed by atoms with E-state index in [1.54, 1.807) is 26.8 Å². The Hall–Kier alpha value is -2.11. The van der Waals surface area contributed by atoms with E-state index < -0.39 is 29.1 Å². The molecule has 0 saturated carbocycles. The molecule has 0 spiro atoms. The summed E-state index contributed by atoms with van der Waals surface area (Å²) in [6.07, 6.45) is 4.90. The van der Waals surface area contributed by atoms with Crippen LogP contribution in [-0.2, 0) is 22.4 Å². The lowest BCUT2D eigenvalue weighted by molar-refractivity contribution is -0.158. The average molecular weight is 362 g/mol. The van der Waals surface area contributed by atoms with E-state index in [0.717, 1.165) is 43.4 Å². The van der Waals surface area contributed by atoms with Crippen molar-refractivity contribution in [1.29, 1.82) is 0 Å². The molecule has 0 aliphatic heterocycles. The van der Waals surface area contributed by atoms with Gasteiger partial charge in [-0.2, -0.15) is 0 Å². The molecule has 6 heteroatoms. The van der Waals surface area contributed by atoms with Crippen molar-refractivity contribution in [2.75, 3.05) is 0 Å². The van der Waals surface area contributed by atoms with Crippen LogP contribution in [0.5, 0.6) is 0 Å². The number of fused-ring (bicyclic) bond motifs is 1. The van der Waals surface area contributed by atoms with Crippen LogP contribution in [0.15, 0.2) is 10.9 Å². The number of hydrogen-bond acceptors (Lipinski definition) is 4. The largest absolute Gasteiger partial charge is 0.458 e. The van der Waals surface area contributed by atoms with Crippen LogP contribution < -0.4 is 10.9 Å². The summed E-state index contributed by atoms with van der Waals surface area (Å²) < 4.78 is 5.40. The number of ether oxygens (including phenoxy) is 1. The maximum Gasteiger partial charge on any atom is 0.329 e. The van der Waals surface area contributed by atoms with E-state index in [4.69, 9.17) is 4.74 Å². The third kappa shape index (κ3) is 5.19. The number of amides is 1. The Kier molecular flexibility index (Phi) is 6.26. The summed E-state index contributed by atoms with van der Waals surface area (Å²) in [5, 5.41) is 2.68. The normalized spacial score (nSPS) is 15.8. The van der Waals surface area contributed by atoms with Gasteiger partial charge in [0.15, 0.2) is 0 Å². The molecule has 2 rings (SSSR count). The summed E-state index contributed by atoms with van der Waals surface area (Å²) in [4.78, 5) is 40.3. The van der Waals surface area contributed by atoms with Crippen LogP contribution >= 0.6 is 0 Å². The van der Waals surface area contributed by atoms with E-state index in [1.807, 2.05) is 13.8 Å². The average Bonchev–Trinajstić information content (AvgIpc) is 2.74. The molecule has 26 heavy (non-hydrogen) atoms. The van der Waals surface area contributed by atoms with Gasteiger partial charge in [-0.15, -0.1) is 0 Å². The maximum atomic E-state index is 12.7. The zero-order chi connectivity index (χ0) is 19.5. The minimum absolute atomic E-state index is 0.0554. The van der Waals surface area contributed by atoms with Gasteiger partial charge >= 0.3 is 5.97 Å². The van der Waals surface area contributed by atoms with Crippen molar-refractivity contribution in [2.24, 2.45) is 5.92 Å². The van der Waals surface area contributed by atoms with Crippen LogP contribution in [0.3, 0.4) is 0 Å². The molecule has 1 aromatic heterocycles. The molecule has 0 bridgehead atoms. The van der Waals surface area contributed by atoms with Gasteiger partial charge in [-0.1, -0.05) is 20.3 Å². The SMILES string of the molecule is CC(C)C(NC(=O)c1cc2c([nH]c1=O)CCCCC2)C(=O)OC(C)(C)C. The smallest absolute Gasteiger partial charge is 0.329 e. The highest BCUT2D eigenvalue weighted by molar-refractivity contribution is 5.96. The number of carbonyl (C=O) groups is 2. The van der Waals surface area contributed by atoms with Crippen molar-refractivity contribution in [3.63, 3.8) is 0 Å². The first-order valence-corrected chi connectivity index (χ1v) is 9.37. The number of aromatic nitrogens is 1. The molecule has 1 aliphatic rings. The molecular formula is C20H30N2O4. The van der Waals surface area contributed by atoms with Crippen LogP contribution in [0.4, 0.5) is 0 Å². The highest BCUT2D eigenvalue weighted by atomic mass is 16.6. The first kappa shape index (κ1) is 20.2. The highest BCUT2D eigenvalue weighted by Gasteiger charge is 2.30. The van der Waals surface area contributed by atoms with Gasteiger partial charge in [0.05, 0.1) is 0 Å². The van der Waals surface area contributed by atoms with Crippen molar-refractivity contribution in [1.82, 2.24) is 10.3 Å². The summed E-state index contributed by atoms with van der Waals surface area (Å²) in [6, 6.07) is 0.876. The van der Waals surface area contributed by atoms with Crippen LogP contribution in [-0.4, -0.2) is 28.5 Å². The molecule has 0 radical (unpaired) electrons. The third-order valence-corrected chi connectivity index (χ3v) is 4.45. The van der Waals surface area contributed by atoms with Crippen molar-refractivity contribution in [2.45, 2.75) is 78.4 Å². The lowest BCUT2D eigenvalue weighted by Crippen LogP contribution is -2.48. The van der Waals surface area contributed by atoms with Crippen LogP contribution in [0.25, 0.3) is 0 Å². The Balaban J connectivity index is 2.23. The minimum Gasteiger partial charge on any atom is -0.458 e. The number of esters is 1. The monoisotopic (exact) mass is 362 g/mol. The fraction of sp³-hybridized carbons (Fsp3) is 0.650. The molecule has 144 valence electrons. The third-order valence-electron chi connectivity index (χ3n) is 4.45. The van der Waals surface area contributed by atoms with Crippen molar-refractivity contribution < 1.29 is 14.3 Å². The molecule has 1 unspecified atom stereocenters. The zero-order valence-corrected chi connectivity index (χ0v) is 16.4. The minimum atomic E-state index is -0.806. The van der Waals surface area contributed by atoms with Gasteiger partial charge in [-0.25, -0.2) is 4.79 Å². The topological polar surface area (TPSA) is 88.3 Å². The van der Waals surface area contributed by atoms with E-state index in [-0.39, 0.29) is 11.5 Å². The lowest BCUT2D eigenvalue weighted by atomic mass is 10.0. The molecule has 6 nitrogen and oxygen atoms in total. The van der Waals surface area contributed by atoms with Gasteiger partial charge in [0.1, 0.15) is 17.2 Å². The number of H-pyrrole nitrogens is 1. The van der Waals surface area contributed by atoms with Gasteiger partial charge < -0.3 is 15.0 Å². The number of aromatic amines is 1. The predicted molar refractivity (Wildman–Crippen MR) is 100 cm³/mol. The number of pyridine rings is 1. The Morgan fingerprint density at radius 1 is 1.15 bits per heavy atom. The zero-order valence-electron chi connectivity index (χ0n) is 16.4. The fourth-order valence-corrected chi connectivity index (χ4v) is 3.10. The van der Waals surface area contributed by atoms with Crippen molar-refractivity contribution in [3.8, 4) is 0 Å². The summed E-state index contributed by atoms with van der Waals surface area (Å²) >= 11 is 0. The Morgan fingerprint density at radius 2 is 1.81 bits per heavy atom. The van der Waals surface area contributed by atoms with Gasteiger partial charge in [-0.05, 0) is 64.0 Å². The highest BCUT2D eigenvalue weighted by Crippen LogP contribution is 2.19. The summed E-state index contributed by atoms with van der Waals surface area (Å²) in [5.74, 6) is -1.19. The van der Waals surface area contributed by atoms with Crippen molar-refractivity contribution >= 4 is 11.9 Å². The molecular weight excluding hydrogens is 332 g/mol. The molecule has 0 saturated heterocycles. The molecule has 1 aromatic rings. The molecule has 1 aliphatic carbocycles. The lowest BCUT2D eigenvalue weighted by Gasteiger charge is -2.26. The molecule has 2 N–H and O–H groups in total. The van der Waals surface area contributed by atoms with Gasteiger partial charge in [-0.3, -0.25) is 9.59 Å². The molecule has 0 aromatic carbocycles. The van der Waals surface area contributed by atoms with Gasteiger partial charge in [0, 0.05) is 5.69 Å². The Bertz CT molecular complexity index is 728. The van der Waals surface area contributed by atoms with E-state index in [9.17, 15) is 14.4 Å².